The van der Waals surface area contributed by atoms with Gasteiger partial charge >= 0.3 is 0 Å². The Kier molecular flexibility index (Phi) is 4.66. The molecule has 9 heteroatoms. The van der Waals surface area contributed by atoms with E-state index >= 15 is 0 Å². The van der Waals surface area contributed by atoms with Crippen molar-refractivity contribution in [2.45, 2.75) is 69.2 Å². The van der Waals surface area contributed by atoms with Crippen LogP contribution in [0.15, 0.2) is 12.7 Å². The maximum atomic E-state index is 11.1. The fraction of sp³-hybridized carbons (Fsp3) is 0.700. The highest BCUT2D eigenvalue weighted by molar-refractivity contribution is 5.83. The summed E-state index contributed by atoms with van der Waals surface area (Å²) in [4.78, 5) is 24.5. The molecule has 0 aromatic carbocycles. The number of hydrogen-bond acceptors (Lipinski definition) is 7. The molecule has 5 rings (SSSR count). The van der Waals surface area contributed by atoms with Crippen LogP contribution in [0.4, 0.5) is 5.82 Å². The molecule has 0 spiro atoms. The van der Waals surface area contributed by atoms with Gasteiger partial charge in [-0.1, -0.05) is 6.42 Å². The number of carbonyl (C=O) groups is 1. The Bertz CT molecular complexity index is 917. The van der Waals surface area contributed by atoms with Gasteiger partial charge < -0.3 is 25.8 Å². The lowest BCUT2D eigenvalue weighted by Gasteiger charge is -2.23. The van der Waals surface area contributed by atoms with Crippen LogP contribution in [-0.4, -0.2) is 53.9 Å². The molecule has 0 aliphatic heterocycles. The molecule has 156 valence electrons. The monoisotopic (exact) mass is 400 g/mol. The second kappa shape index (κ2) is 7.21. The van der Waals surface area contributed by atoms with E-state index in [2.05, 4.69) is 20.3 Å². The largest absolute Gasteiger partial charge is 0.390 e. The highest BCUT2D eigenvalue weighted by atomic mass is 16.3. The first-order valence-corrected chi connectivity index (χ1v) is 10.6. The van der Waals surface area contributed by atoms with Gasteiger partial charge in [-0.05, 0) is 49.9 Å². The number of fused-ring (bicyclic) bond motifs is 3. The Morgan fingerprint density at radius 1 is 1.17 bits per heavy atom. The summed E-state index contributed by atoms with van der Waals surface area (Å²) in [5, 5.41) is 24.6. The number of nitrogens with one attached hydrogen (secondary N) is 1. The third kappa shape index (κ3) is 3.26. The summed E-state index contributed by atoms with van der Waals surface area (Å²) >= 11 is 0. The average molecular weight is 400 g/mol. The van der Waals surface area contributed by atoms with Gasteiger partial charge in [0.15, 0.2) is 11.5 Å². The normalized spacial score (nSPS) is 36.1. The van der Waals surface area contributed by atoms with Crippen molar-refractivity contribution in [2.75, 3.05) is 5.32 Å². The van der Waals surface area contributed by atoms with E-state index in [0.29, 0.717) is 36.0 Å². The zero-order chi connectivity index (χ0) is 20.1. The number of aliphatic hydroxyl groups is 2. The molecular weight excluding hydrogens is 372 g/mol. The SMILES string of the molecule is NC(=O)CC[C@H]1C[C@@H](n2cnc3c(N[C@H]4C[C@@H]5CC[C@@H]4C5)ncnc32)[C@H](O)[C@@H]1O. The molecule has 0 radical (unpaired) electrons. The summed E-state index contributed by atoms with van der Waals surface area (Å²) in [7, 11) is 0. The van der Waals surface area contributed by atoms with Crippen molar-refractivity contribution in [3.8, 4) is 0 Å². The number of primary amides is 1. The van der Waals surface area contributed by atoms with Gasteiger partial charge in [0, 0.05) is 12.5 Å². The molecule has 3 aliphatic carbocycles. The first kappa shape index (κ1) is 18.7. The summed E-state index contributed by atoms with van der Waals surface area (Å²) in [6.45, 7) is 0. The van der Waals surface area contributed by atoms with Crippen LogP contribution in [0.3, 0.4) is 0 Å². The molecule has 3 saturated carbocycles. The number of aliphatic hydroxyl groups excluding tert-OH is 2. The Balaban J connectivity index is 1.38. The lowest BCUT2D eigenvalue weighted by Crippen LogP contribution is -2.30. The summed E-state index contributed by atoms with van der Waals surface area (Å²) < 4.78 is 1.83. The van der Waals surface area contributed by atoms with Gasteiger partial charge in [-0.2, -0.15) is 0 Å². The third-order valence-corrected chi connectivity index (χ3v) is 7.31. The molecule has 5 N–H and O–H groups in total. The van der Waals surface area contributed by atoms with Crippen LogP contribution in [0.25, 0.3) is 11.2 Å². The van der Waals surface area contributed by atoms with Crippen LogP contribution in [0.1, 0.15) is 51.0 Å². The highest BCUT2D eigenvalue weighted by Crippen LogP contribution is 2.46. The molecule has 2 aromatic rings. The molecule has 9 nitrogen and oxygen atoms in total. The van der Waals surface area contributed by atoms with E-state index in [1.54, 1.807) is 6.33 Å². The molecule has 2 bridgehead atoms. The minimum absolute atomic E-state index is 0.187. The Hall–Kier alpha value is -2.26. The van der Waals surface area contributed by atoms with Gasteiger partial charge in [0.1, 0.15) is 17.9 Å². The van der Waals surface area contributed by atoms with Gasteiger partial charge in [0.2, 0.25) is 5.91 Å². The van der Waals surface area contributed by atoms with Crippen molar-refractivity contribution in [1.82, 2.24) is 19.5 Å². The molecule has 3 fully saturated rings. The number of amides is 1. The van der Waals surface area contributed by atoms with Crippen molar-refractivity contribution in [1.29, 1.82) is 0 Å². The lowest BCUT2D eigenvalue weighted by atomic mass is 9.95. The van der Waals surface area contributed by atoms with Gasteiger partial charge in [0.25, 0.3) is 0 Å². The quantitative estimate of drug-likeness (QED) is 0.567. The highest BCUT2D eigenvalue weighted by Gasteiger charge is 2.43. The number of aromatic nitrogens is 4. The summed E-state index contributed by atoms with van der Waals surface area (Å²) in [5.74, 6) is 1.70. The van der Waals surface area contributed by atoms with E-state index in [1.165, 1.54) is 32.0 Å². The van der Waals surface area contributed by atoms with E-state index < -0.39 is 18.1 Å². The van der Waals surface area contributed by atoms with Crippen LogP contribution in [0.2, 0.25) is 0 Å². The predicted molar refractivity (Wildman–Crippen MR) is 106 cm³/mol. The minimum Gasteiger partial charge on any atom is -0.390 e. The molecule has 0 unspecified atom stereocenters. The number of rotatable bonds is 6. The molecule has 2 aromatic heterocycles. The van der Waals surface area contributed by atoms with Crippen molar-refractivity contribution in [2.24, 2.45) is 23.5 Å². The average Bonchev–Trinajstić information content (AvgIpc) is 3.46. The fourth-order valence-electron chi connectivity index (χ4n) is 5.79. The van der Waals surface area contributed by atoms with Crippen LogP contribution in [0.5, 0.6) is 0 Å². The number of hydrogen-bond donors (Lipinski definition) is 4. The van der Waals surface area contributed by atoms with Crippen molar-refractivity contribution in [3.63, 3.8) is 0 Å². The first-order chi connectivity index (χ1) is 14.0. The zero-order valence-corrected chi connectivity index (χ0v) is 16.3. The van der Waals surface area contributed by atoms with E-state index in [1.807, 2.05) is 4.57 Å². The maximum absolute atomic E-state index is 11.1. The van der Waals surface area contributed by atoms with Crippen LogP contribution in [0, 0.1) is 17.8 Å². The van der Waals surface area contributed by atoms with Gasteiger partial charge in [-0.3, -0.25) is 4.79 Å². The predicted octanol–water partition coefficient (Wildman–Crippen LogP) is 0.975. The van der Waals surface area contributed by atoms with E-state index in [0.717, 1.165) is 11.7 Å². The first-order valence-electron chi connectivity index (χ1n) is 10.6. The Labute approximate surface area is 168 Å². The topological polar surface area (TPSA) is 139 Å². The van der Waals surface area contributed by atoms with E-state index in [9.17, 15) is 15.0 Å². The van der Waals surface area contributed by atoms with Gasteiger partial charge in [-0.25, -0.2) is 15.0 Å². The molecule has 29 heavy (non-hydrogen) atoms. The summed E-state index contributed by atoms with van der Waals surface area (Å²) in [6, 6.07) is 0.0900. The standard InChI is InChI=1S/C20H28N6O3/c21-15(27)4-3-12-7-14(18(29)17(12)28)26-9-24-16-19(22-8-23-20(16)26)25-13-6-10-1-2-11(13)5-10/h8-14,17-18,28-29H,1-7H2,(H2,21,27)(H,22,23,25)/t10-,11-,12+,13+,14-,17-,18+/m1/s1. The minimum atomic E-state index is -0.942. The Morgan fingerprint density at radius 3 is 2.76 bits per heavy atom. The zero-order valence-electron chi connectivity index (χ0n) is 16.3. The molecule has 2 heterocycles. The lowest BCUT2D eigenvalue weighted by molar-refractivity contribution is -0.118. The van der Waals surface area contributed by atoms with Crippen molar-refractivity contribution < 1.29 is 15.0 Å². The van der Waals surface area contributed by atoms with Gasteiger partial charge in [-0.15, -0.1) is 0 Å². The number of anilines is 1. The van der Waals surface area contributed by atoms with Gasteiger partial charge in [0.05, 0.1) is 18.5 Å². The molecule has 7 atom stereocenters. The summed E-state index contributed by atoms with van der Waals surface area (Å²) in [6.07, 6.45) is 7.67. The molecular formula is C20H28N6O3. The summed E-state index contributed by atoms with van der Waals surface area (Å²) in [5.41, 5.74) is 6.58. The molecule has 1 amide bonds. The number of nitrogens with two attached hydrogens (primary N) is 1. The van der Waals surface area contributed by atoms with E-state index in [4.69, 9.17) is 5.73 Å². The fourth-order valence-corrected chi connectivity index (χ4v) is 5.79. The number of carbonyl (C=O) groups excluding carboxylic acids is 1. The Morgan fingerprint density at radius 2 is 2.03 bits per heavy atom. The number of nitrogens with zero attached hydrogens (tertiary/aromatic N) is 4. The van der Waals surface area contributed by atoms with Crippen molar-refractivity contribution in [3.05, 3.63) is 12.7 Å². The van der Waals surface area contributed by atoms with Crippen LogP contribution >= 0.6 is 0 Å². The van der Waals surface area contributed by atoms with E-state index in [-0.39, 0.29) is 18.4 Å². The smallest absolute Gasteiger partial charge is 0.217 e. The molecule has 3 aliphatic rings. The molecule has 0 saturated heterocycles. The van der Waals surface area contributed by atoms with Crippen molar-refractivity contribution >= 4 is 22.9 Å². The third-order valence-electron chi connectivity index (χ3n) is 7.31. The maximum Gasteiger partial charge on any atom is 0.217 e. The van der Waals surface area contributed by atoms with Crippen LogP contribution < -0.4 is 11.1 Å². The second-order valence-electron chi connectivity index (χ2n) is 9.02. The second-order valence-corrected chi connectivity index (χ2v) is 9.02. The number of imidazole rings is 1. The van der Waals surface area contributed by atoms with Crippen LogP contribution in [-0.2, 0) is 4.79 Å².